The lowest BCUT2D eigenvalue weighted by Gasteiger charge is -2.14. The summed E-state index contributed by atoms with van der Waals surface area (Å²) in [6.45, 7) is -0.225. The molecule has 1 unspecified atom stereocenters. The van der Waals surface area contributed by atoms with Gasteiger partial charge in [-0.05, 0) is 42.0 Å². The predicted molar refractivity (Wildman–Crippen MR) is 97.7 cm³/mol. The number of rotatable bonds is 5. The minimum Gasteiger partial charge on any atom is -0.474 e. The Labute approximate surface area is 163 Å². The van der Waals surface area contributed by atoms with Gasteiger partial charge in [0, 0.05) is 5.56 Å². The summed E-state index contributed by atoms with van der Waals surface area (Å²) in [5, 5.41) is 27.4. The van der Waals surface area contributed by atoms with E-state index in [2.05, 4.69) is 15.2 Å². The summed E-state index contributed by atoms with van der Waals surface area (Å²) in [5.41, 5.74) is 1.81. The van der Waals surface area contributed by atoms with Crippen LogP contribution in [0.3, 0.4) is 0 Å². The summed E-state index contributed by atoms with van der Waals surface area (Å²) >= 11 is 0. The standard InChI is InChI=1S/C20H13F2N5O2/c21-15-6-5-14(7-16(15)22)17(28)11-29-19-10-24-9-18-25-26-20(27(18)19)13-3-1-12(8-23)2-4-13/h1-7,9-10,17,28H,11H2. The summed E-state index contributed by atoms with van der Waals surface area (Å²) in [6, 6.07) is 12.0. The van der Waals surface area contributed by atoms with E-state index in [1.54, 1.807) is 28.7 Å². The number of aromatic nitrogens is 4. The smallest absolute Gasteiger partial charge is 0.220 e. The molecule has 4 aromatic rings. The van der Waals surface area contributed by atoms with Gasteiger partial charge in [0.15, 0.2) is 23.1 Å². The van der Waals surface area contributed by atoms with Crippen molar-refractivity contribution in [3.8, 4) is 23.3 Å². The number of aliphatic hydroxyl groups is 1. The maximum absolute atomic E-state index is 13.4. The Morgan fingerprint density at radius 1 is 1.07 bits per heavy atom. The number of hydrogen-bond donors (Lipinski definition) is 1. The number of aliphatic hydroxyl groups excluding tert-OH is 1. The van der Waals surface area contributed by atoms with E-state index in [0.717, 1.165) is 12.1 Å². The van der Waals surface area contributed by atoms with Crippen molar-refractivity contribution in [2.45, 2.75) is 6.10 Å². The Bertz CT molecular complexity index is 1220. The van der Waals surface area contributed by atoms with Crippen LogP contribution in [0.4, 0.5) is 8.78 Å². The molecule has 2 aromatic carbocycles. The van der Waals surface area contributed by atoms with E-state index < -0.39 is 17.7 Å². The van der Waals surface area contributed by atoms with Crippen LogP contribution < -0.4 is 4.74 Å². The molecule has 0 saturated heterocycles. The fourth-order valence-corrected chi connectivity index (χ4v) is 2.79. The molecule has 144 valence electrons. The molecule has 0 spiro atoms. The molecule has 1 N–H and O–H groups in total. The van der Waals surface area contributed by atoms with E-state index in [1.165, 1.54) is 18.5 Å². The molecule has 2 aromatic heterocycles. The molecular formula is C20H13F2N5O2. The predicted octanol–water partition coefficient (Wildman–Crippen LogP) is 3.05. The van der Waals surface area contributed by atoms with Gasteiger partial charge < -0.3 is 9.84 Å². The van der Waals surface area contributed by atoms with Crippen LogP contribution >= 0.6 is 0 Å². The number of nitriles is 1. The third-order valence-electron chi connectivity index (χ3n) is 4.27. The monoisotopic (exact) mass is 393 g/mol. The molecule has 4 rings (SSSR count). The molecule has 0 fully saturated rings. The van der Waals surface area contributed by atoms with E-state index >= 15 is 0 Å². The molecular weight excluding hydrogens is 380 g/mol. The van der Waals surface area contributed by atoms with Crippen LogP contribution in [0.15, 0.2) is 54.9 Å². The van der Waals surface area contributed by atoms with Crippen molar-refractivity contribution in [3.05, 3.63) is 77.6 Å². The maximum atomic E-state index is 13.4. The first-order chi connectivity index (χ1) is 14.1. The summed E-state index contributed by atoms with van der Waals surface area (Å²) in [4.78, 5) is 4.04. The van der Waals surface area contributed by atoms with Gasteiger partial charge in [-0.25, -0.2) is 13.2 Å². The Morgan fingerprint density at radius 3 is 2.59 bits per heavy atom. The van der Waals surface area contributed by atoms with Gasteiger partial charge in [0.25, 0.3) is 0 Å². The van der Waals surface area contributed by atoms with Crippen molar-refractivity contribution in [1.29, 1.82) is 5.26 Å². The van der Waals surface area contributed by atoms with Crippen molar-refractivity contribution in [2.75, 3.05) is 6.61 Å². The molecule has 0 amide bonds. The number of nitrogens with zero attached hydrogens (tertiary/aromatic N) is 5. The normalized spacial score (nSPS) is 11.9. The molecule has 0 aliphatic heterocycles. The Morgan fingerprint density at radius 2 is 1.86 bits per heavy atom. The highest BCUT2D eigenvalue weighted by Crippen LogP contribution is 2.24. The summed E-state index contributed by atoms with van der Waals surface area (Å²) in [6.07, 6.45) is 1.75. The lowest BCUT2D eigenvalue weighted by atomic mass is 10.1. The average Bonchev–Trinajstić information content (AvgIpc) is 3.19. The Kier molecular flexibility index (Phi) is 4.85. The molecule has 1 atom stereocenters. The fraction of sp³-hybridized carbons (Fsp3) is 0.100. The Hall–Kier alpha value is -3.90. The second-order valence-electron chi connectivity index (χ2n) is 6.15. The first kappa shape index (κ1) is 18.5. The first-order valence-corrected chi connectivity index (χ1v) is 8.52. The van der Waals surface area contributed by atoms with E-state index in [-0.39, 0.29) is 18.1 Å². The van der Waals surface area contributed by atoms with Crippen molar-refractivity contribution < 1.29 is 18.6 Å². The van der Waals surface area contributed by atoms with E-state index in [4.69, 9.17) is 10.00 Å². The van der Waals surface area contributed by atoms with Gasteiger partial charge in [-0.15, -0.1) is 10.2 Å². The number of benzene rings is 2. The zero-order chi connectivity index (χ0) is 20.4. The summed E-state index contributed by atoms with van der Waals surface area (Å²) in [7, 11) is 0. The lowest BCUT2D eigenvalue weighted by molar-refractivity contribution is 0.104. The van der Waals surface area contributed by atoms with Crippen LogP contribution in [-0.2, 0) is 0 Å². The average molecular weight is 393 g/mol. The van der Waals surface area contributed by atoms with Gasteiger partial charge in [-0.3, -0.25) is 4.98 Å². The highest BCUT2D eigenvalue weighted by Gasteiger charge is 2.16. The molecule has 7 nitrogen and oxygen atoms in total. The lowest BCUT2D eigenvalue weighted by Crippen LogP contribution is -2.12. The van der Waals surface area contributed by atoms with Crippen molar-refractivity contribution in [2.24, 2.45) is 0 Å². The third kappa shape index (κ3) is 3.61. The van der Waals surface area contributed by atoms with Crippen molar-refractivity contribution in [1.82, 2.24) is 19.6 Å². The Balaban J connectivity index is 1.62. The molecule has 0 aliphatic rings. The van der Waals surface area contributed by atoms with Gasteiger partial charge in [0.2, 0.25) is 5.88 Å². The van der Waals surface area contributed by atoms with Gasteiger partial charge in [0.05, 0.1) is 24.0 Å². The minimum absolute atomic E-state index is 0.181. The summed E-state index contributed by atoms with van der Waals surface area (Å²) < 4.78 is 33.7. The fourth-order valence-electron chi connectivity index (χ4n) is 2.79. The van der Waals surface area contributed by atoms with Crippen molar-refractivity contribution in [3.63, 3.8) is 0 Å². The summed E-state index contributed by atoms with van der Waals surface area (Å²) in [5.74, 6) is -1.32. The molecule has 2 heterocycles. The maximum Gasteiger partial charge on any atom is 0.220 e. The van der Waals surface area contributed by atoms with Crippen molar-refractivity contribution >= 4 is 5.65 Å². The van der Waals surface area contributed by atoms with Gasteiger partial charge >= 0.3 is 0 Å². The van der Waals surface area contributed by atoms with E-state index in [9.17, 15) is 13.9 Å². The number of halogens is 2. The second kappa shape index (κ2) is 7.61. The highest BCUT2D eigenvalue weighted by atomic mass is 19.2. The zero-order valence-corrected chi connectivity index (χ0v) is 14.8. The van der Waals surface area contributed by atoms with Crippen LogP contribution in [0.25, 0.3) is 17.0 Å². The molecule has 0 radical (unpaired) electrons. The van der Waals surface area contributed by atoms with Crippen LogP contribution in [0, 0.1) is 23.0 Å². The molecule has 0 aliphatic carbocycles. The van der Waals surface area contributed by atoms with Gasteiger partial charge in [-0.2, -0.15) is 5.26 Å². The van der Waals surface area contributed by atoms with Gasteiger partial charge in [-0.1, -0.05) is 6.07 Å². The minimum atomic E-state index is -1.19. The van der Waals surface area contributed by atoms with Gasteiger partial charge in [0.1, 0.15) is 12.7 Å². The number of ether oxygens (including phenoxy) is 1. The second-order valence-corrected chi connectivity index (χ2v) is 6.15. The molecule has 29 heavy (non-hydrogen) atoms. The number of fused-ring (bicyclic) bond motifs is 1. The zero-order valence-electron chi connectivity index (χ0n) is 14.8. The van der Waals surface area contributed by atoms with E-state index in [0.29, 0.717) is 22.6 Å². The third-order valence-corrected chi connectivity index (χ3v) is 4.27. The quantitative estimate of drug-likeness (QED) is 0.560. The van der Waals surface area contributed by atoms with Crippen LogP contribution in [0.1, 0.15) is 17.2 Å². The largest absolute Gasteiger partial charge is 0.474 e. The van der Waals surface area contributed by atoms with Crippen LogP contribution in [0.5, 0.6) is 5.88 Å². The van der Waals surface area contributed by atoms with Crippen LogP contribution in [0.2, 0.25) is 0 Å². The molecule has 9 heteroatoms. The molecule has 0 bridgehead atoms. The van der Waals surface area contributed by atoms with Crippen LogP contribution in [-0.4, -0.2) is 31.3 Å². The van der Waals surface area contributed by atoms with E-state index in [1.807, 2.05) is 6.07 Å². The molecule has 0 saturated carbocycles. The number of hydrogen-bond acceptors (Lipinski definition) is 6. The SMILES string of the molecule is N#Cc1ccc(-c2nnc3cncc(OCC(O)c4ccc(F)c(F)c4)n23)cc1. The highest BCUT2D eigenvalue weighted by molar-refractivity contribution is 5.61. The first-order valence-electron chi connectivity index (χ1n) is 8.52. The topological polar surface area (TPSA) is 96.3 Å².